The number of aromatic nitrogens is 1. The maximum Gasteiger partial charge on any atom is 0.268 e. The summed E-state index contributed by atoms with van der Waals surface area (Å²) in [5.41, 5.74) is -0.406. The molecule has 0 spiro atoms. The number of pyridine rings is 1. The van der Waals surface area contributed by atoms with E-state index in [2.05, 4.69) is 4.98 Å². The third-order valence-electron chi connectivity index (χ3n) is 1.39. The molecule has 13 heavy (non-hydrogen) atoms. The van der Waals surface area contributed by atoms with Crippen molar-refractivity contribution in [2.24, 2.45) is 0 Å². The summed E-state index contributed by atoms with van der Waals surface area (Å²) < 4.78 is 36.4. The quantitative estimate of drug-likeness (QED) is 0.761. The van der Waals surface area contributed by atoms with E-state index in [1.807, 2.05) is 0 Å². The number of hydrogen-bond donors (Lipinski definition) is 1. The molecule has 6 heteroatoms. The van der Waals surface area contributed by atoms with Crippen LogP contribution in [0.3, 0.4) is 0 Å². The second-order valence-corrected chi connectivity index (χ2v) is 2.67. The average molecular weight is 212 g/mol. The molecule has 1 aromatic rings. The number of alkyl halides is 2. The first-order valence-electron chi connectivity index (χ1n) is 3.29. The fourth-order valence-corrected chi connectivity index (χ4v) is 0.997. The topological polar surface area (TPSA) is 33.1 Å². The van der Waals surface area contributed by atoms with Gasteiger partial charge in [0, 0.05) is 5.56 Å². The monoisotopic (exact) mass is 211 g/mol. The van der Waals surface area contributed by atoms with Crippen LogP contribution < -0.4 is 0 Å². The molecule has 0 aliphatic carbocycles. The number of aliphatic hydroxyl groups is 1. The van der Waals surface area contributed by atoms with Gasteiger partial charge in [-0.2, -0.15) is 0 Å². The van der Waals surface area contributed by atoms with Gasteiger partial charge in [0.15, 0.2) is 0 Å². The molecular formula is C7H5ClF3NO. The van der Waals surface area contributed by atoms with Crippen LogP contribution in [-0.4, -0.2) is 16.5 Å². The Morgan fingerprint density at radius 1 is 1.46 bits per heavy atom. The summed E-state index contributed by atoms with van der Waals surface area (Å²) in [6.45, 7) is 0. The average Bonchev–Trinajstić information content (AvgIpc) is 2.08. The Morgan fingerprint density at radius 3 is 2.62 bits per heavy atom. The lowest BCUT2D eigenvalue weighted by Gasteiger charge is -2.10. The molecule has 0 aromatic carbocycles. The second-order valence-electron chi connectivity index (χ2n) is 2.31. The van der Waals surface area contributed by atoms with Crippen molar-refractivity contribution in [2.45, 2.75) is 12.5 Å². The number of aliphatic hydroxyl groups excluding tert-OH is 1. The van der Waals surface area contributed by atoms with Crippen molar-refractivity contribution in [2.75, 3.05) is 0 Å². The van der Waals surface area contributed by atoms with Crippen LogP contribution in [0.5, 0.6) is 0 Å². The Kier molecular flexibility index (Phi) is 3.11. The maximum absolute atomic E-state index is 12.5. The molecule has 0 saturated heterocycles. The van der Waals surface area contributed by atoms with Gasteiger partial charge in [0.05, 0.1) is 6.20 Å². The van der Waals surface area contributed by atoms with Crippen LogP contribution in [0, 0.1) is 5.82 Å². The predicted octanol–water partition coefficient (Wildman–Crippen LogP) is 2.17. The van der Waals surface area contributed by atoms with Crippen LogP contribution in [-0.2, 0) is 0 Å². The lowest BCUT2D eigenvalue weighted by molar-refractivity contribution is -0.00606. The molecule has 0 fully saturated rings. The fourth-order valence-electron chi connectivity index (χ4n) is 0.781. The SMILES string of the molecule is OC(c1cc(F)cnc1Cl)C(F)F. The molecule has 0 amide bonds. The Balaban J connectivity index is 3.05. The first-order valence-corrected chi connectivity index (χ1v) is 3.67. The summed E-state index contributed by atoms with van der Waals surface area (Å²) in [6.07, 6.45) is -4.33. The molecule has 1 N–H and O–H groups in total. The molecule has 0 aliphatic heterocycles. The van der Waals surface area contributed by atoms with Crippen molar-refractivity contribution in [1.29, 1.82) is 0 Å². The van der Waals surface area contributed by atoms with Gasteiger partial charge in [0.2, 0.25) is 0 Å². The van der Waals surface area contributed by atoms with Gasteiger partial charge in [-0.3, -0.25) is 0 Å². The first-order chi connectivity index (χ1) is 6.02. The minimum atomic E-state index is -3.01. The Hall–Kier alpha value is -0.810. The Bertz CT molecular complexity index is 308. The van der Waals surface area contributed by atoms with Gasteiger partial charge >= 0.3 is 0 Å². The third kappa shape index (κ3) is 2.32. The smallest absolute Gasteiger partial charge is 0.268 e. The fraction of sp³-hybridized carbons (Fsp3) is 0.286. The van der Waals surface area contributed by atoms with Crippen molar-refractivity contribution in [3.05, 3.63) is 28.8 Å². The molecule has 2 nitrogen and oxygen atoms in total. The van der Waals surface area contributed by atoms with Crippen LogP contribution in [0.4, 0.5) is 13.2 Å². The van der Waals surface area contributed by atoms with Crippen molar-refractivity contribution in [1.82, 2.24) is 4.98 Å². The summed E-state index contributed by atoms with van der Waals surface area (Å²) in [6, 6.07) is 0.728. The van der Waals surface area contributed by atoms with Crippen LogP contribution in [0.1, 0.15) is 11.7 Å². The van der Waals surface area contributed by atoms with E-state index in [0.29, 0.717) is 0 Å². The lowest BCUT2D eigenvalue weighted by Crippen LogP contribution is -2.09. The highest BCUT2D eigenvalue weighted by Crippen LogP contribution is 2.26. The normalized spacial score (nSPS) is 13.4. The van der Waals surface area contributed by atoms with Crippen LogP contribution in [0.2, 0.25) is 5.15 Å². The van der Waals surface area contributed by atoms with E-state index in [9.17, 15) is 13.2 Å². The zero-order valence-electron chi connectivity index (χ0n) is 6.22. The van der Waals surface area contributed by atoms with E-state index in [0.717, 1.165) is 12.3 Å². The van der Waals surface area contributed by atoms with Crippen molar-refractivity contribution in [3.8, 4) is 0 Å². The molecule has 1 atom stereocenters. The van der Waals surface area contributed by atoms with Crippen molar-refractivity contribution < 1.29 is 18.3 Å². The second kappa shape index (κ2) is 3.93. The lowest BCUT2D eigenvalue weighted by atomic mass is 10.2. The maximum atomic E-state index is 12.5. The van der Waals surface area contributed by atoms with Crippen LogP contribution >= 0.6 is 11.6 Å². The number of nitrogens with zero attached hydrogens (tertiary/aromatic N) is 1. The summed E-state index contributed by atoms with van der Waals surface area (Å²) >= 11 is 5.36. The number of rotatable bonds is 2. The molecule has 0 radical (unpaired) electrons. The highest BCUT2D eigenvalue weighted by molar-refractivity contribution is 6.30. The summed E-state index contributed by atoms with van der Waals surface area (Å²) in [5, 5.41) is 8.54. The molecule has 1 unspecified atom stereocenters. The van der Waals surface area contributed by atoms with Gasteiger partial charge in [-0.25, -0.2) is 18.2 Å². The highest BCUT2D eigenvalue weighted by Gasteiger charge is 2.22. The zero-order chi connectivity index (χ0) is 10.0. The summed E-state index contributed by atoms with van der Waals surface area (Å²) in [5.74, 6) is -0.820. The van der Waals surface area contributed by atoms with Gasteiger partial charge in [0.1, 0.15) is 17.1 Å². The predicted molar refractivity (Wildman–Crippen MR) is 40.2 cm³/mol. The van der Waals surface area contributed by atoms with E-state index in [4.69, 9.17) is 16.7 Å². The largest absolute Gasteiger partial charge is 0.382 e. The van der Waals surface area contributed by atoms with Gasteiger partial charge < -0.3 is 5.11 Å². The first kappa shape index (κ1) is 10.3. The van der Waals surface area contributed by atoms with E-state index in [-0.39, 0.29) is 5.15 Å². The molecule has 0 saturated carbocycles. The minimum Gasteiger partial charge on any atom is -0.382 e. The zero-order valence-corrected chi connectivity index (χ0v) is 6.97. The van der Waals surface area contributed by atoms with Gasteiger partial charge in [-0.15, -0.1) is 0 Å². The molecule has 1 rings (SSSR count). The minimum absolute atomic E-state index is 0.325. The molecule has 1 aromatic heterocycles. The van der Waals surface area contributed by atoms with Crippen molar-refractivity contribution in [3.63, 3.8) is 0 Å². The van der Waals surface area contributed by atoms with Crippen LogP contribution in [0.25, 0.3) is 0 Å². The third-order valence-corrected chi connectivity index (χ3v) is 1.71. The summed E-state index contributed by atoms with van der Waals surface area (Å²) in [4.78, 5) is 3.28. The number of hydrogen-bond acceptors (Lipinski definition) is 2. The van der Waals surface area contributed by atoms with Gasteiger partial charge in [0.25, 0.3) is 6.43 Å². The van der Waals surface area contributed by atoms with Gasteiger partial charge in [-0.1, -0.05) is 11.6 Å². The highest BCUT2D eigenvalue weighted by atomic mass is 35.5. The molecular weight excluding hydrogens is 207 g/mol. The van der Waals surface area contributed by atoms with E-state index in [1.165, 1.54) is 0 Å². The molecule has 1 heterocycles. The number of halogens is 4. The standard InChI is InChI=1S/C7H5ClF3NO/c8-6-4(5(13)7(10)11)1-3(9)2-12-6/h1-2,5,7,13H. The van der Waals surface area contributed by atoms with E-state index < -0.39 is 23.9 Å². The van der Waals surface area contributed by atoms with Crippen molar-refractivity contribution >= 4 is 11.6 Å². The molecule has 72 valence electrons. The molecule has 0 aliphatic rings. The molecule has 0 bridgehead atoms. The van der Waals surface area contributed by atoms with E-state index >= 15 is 0 Å². The Labute approximate surface area is 77.0 Å². The van der Waals surface area contributed by atoms with E-state index in [1.54, 1.807) is 0 Å². The van der Waals surface area contributed by atoms with Crippen LogP contribution in [0.15, 0.2) is 12.3 Å². The summed E-state index contributed by atoms with van der Waals surface area (Å²) in [7, 11) is 0. The Morgan fingerprint density at radius 2 is 2.08 bits per heavy atom. The van der Waals surface area contributed by atoms with Gasteiger partial charge in [-0.05, 0) is 6.07 Å².